The third-order valence-electron chi connectivity index (χ3n) is 5.26. The molecule has 0 unspecified atom stereocenters. The highest BCUT2D eigenvalue weighted by Crippen LogP contribution is 2.23. The fourth-order valence-corrected chi connectivity index (χ4v) is 3.49. The van der Waals surface area contributed by atoms with Gasteiger partial charge >= 0.3 is 12.2 Å². The molecular formula is C26H26N2O5. The van der Waals surface area contributed by atoms with E-state index in [4.69, 9.17) is 14.2 Å². The Morgan fingerprint density at radius 3 is 1.70 bits per heavy atom. The normalized spacial score (nSPS) is 13.3. The second-order valence-electron chi connectivity index (χ2n) is 7.53. The molecule has 1 heterocycles. The van der Waals surface area contributed by atoms with E-state index in [1.807, 2.05) is 72.8 Å². The molecule has 2 amide bonds. The number of ether oxygens (including phenoxy) is 3. The highest BCUT2D eigenvalue weighted by molar-refractivity contribution is 6.09. The zero-order chi connectivity index (χ0) is 22.9. The van der Waals surface area contributed by atoms with E-state index in [1.54, 1.807) is 12.1 Å². The second kappa shape index (κ2) is 11.2. The van der Waals surface area contributed by atoms with E-state index in [0.29, 0.717) is 18.9 Å². The van der Waals surface area contributed by atoms with Crippen molar-refractivity contribution in [2.45, 2.75) is 13.2 Å². The molecular weight excluding hydrogens is 420 g/mol. The minimum absolute atomic E-state index is 0.0496. The van der Waals surface area contributed by atoms with Crippen LogP contribution in [-0.2, 0) is 27.4 Å². The first-order valence-electron chi connectivity index (χ1n) is 10.8. The van der Waals surface area contributed by atoms with Crippen molar-refractivity contribution in [1.29, 1.82) is 0 Å². The van der Waals surface area contributed by atoms with Crippen LogP contribution in [0, 0.1) is 0 Å². The summed E-state index contributed by atoms with van der Waals surface area (Å²) in [6.45, 7) is 3.03. The number of hydrogen-bond acceptors (Lipinski definition) is 6. The van der Waals surface area contributed by atoms with Crippen molar-refractivity contribution in [2.75, 3.05) is 36.1 Å². The average molecular weight is 447 g/mol. The second-order valence-corrected chi connectivity index (χ2v) is 7.53. The molecule has 3 aromatic rings. The first kappa shape index (κ1) is 22.4. The summed E-state index contributed by atoms with van der Waals surface area (Å²) < 4.78 is 16.2. The van der Waals surface area contributed by atoms with Crippen LogP contribution in [0.25, 0.3) is 0 Å². The van der Waals surface area contributed by atoms with Gasteiger partial charge in [-0.3, -0.25) is 0 Å². The van der Waals surface area contributed by atoms with Gasteiger partial charge in [0, 0.05) is 18.8 Å². The first-order chi connectivity index (χ1) is 16.2. The fraction of sp³-hybridized carbons (Fsp3) is 0.231. The van der Waals surface area contributed by atoms with E-state index in [2.05, 4.69) is 4.90 Å². The van der Waals surface area contributed by atoms with E-state index < -0.39 is 12.2 Å². The Kier molecular flexibility index (Phi) is 7.56. The van der Waals surface area contributed by atoms with Gasteiger partial charge in [-0.2, -0.15) is 4.90 Å². The number of carbonyl (C=O) groups is 2. The Bertz CT molecular complexity index is 980. The third kappa shape index (κ3) is 6.11. The lowest BCUT2D eigenvalue weighted by molar-refractivity contribution is 0.122. The van der Waals surface area contributed by atoms with Crippen LogP contribution in [0.15, 0.2) is 84.9 Å². The number of amides is 2. The van der Waals surface area contributed by atoms with Crippen LogP contribution < -0.4 is 9.80 Å². The highest BCUT2D eigenvalue weighted by atomic mass is 16.6. The largest absolute Gasteiger partial charge is 0.444 e. The third-order valence-corrected chi connectivity index (χ3v) is 5.26. The first-order valence-corrected chi connectivity index (χ1v) is 10.8. The van der Waals surface area contributed by atoms with E-state index in [1.165, 1.54) is 0 Å². The summed E-state index contributed by atoms with van der Waals surface area (Å²) in [6.07, 6.45) is -1.59. The maximum Gasteiger partial charge on any atom is 0.424 e. The number of morpholine rings is 1. The average Bonchev–Trinajstić information content (AvgIpc) is 2.88. The van der Waals surface area contributed by atoms with Crippen LogP contribution in [0.1, 0.15) is 11.1 Å². The summed E-state index contributed by atoms with van der Waals surface area (Å²) in [5, 5.41) is 0. The molecule has 4 rings (SSSR count). The van der Waals surface area contributed by atoms with Crippen LogP contribution >= 0.6 is 0 Å². The van der Waals surface area contributed by atoms with Crippen LogP contribution in [0.5, 0.6) is 0 Å². The monoisotopic (exact) mass is 446 g/mol. The summed E-state index contributed by atoms with van der Waals surface area (Å²) in [5.74, 6) is 0. The van der Waals surface area contributed by atoms with Crippen molar-refractivity contribution in [3.05, 3.63) is 96.1 Å². The summed E-state index contributed by atoms with van der Waals surface area (Å²) >= 11 is 0. The molecule has 33 heavy (non-hydrogen) atoms. The number of imide groups is 1. The van der Waals surface area contributed by atoms with E-state index in [0.717, 1.165) is 34.8 Å². The van der Waals surface area contributed by atoms with Crippen LogP contribution in [-0.4, -0.2) is 38.5 Å². The van der Waals surface area contributed by atoms with Crippen LogP contribution in [0.2, 0.25) is 0 Å². The van der Waals surface area contributed by atoms with Gasteiger partial charge in [0.25, 0.3) is 0 Å². The summed E-state index contributed by atoms with van der Waals surface area (Å²) in [6, 6.07) is 25.8. The summed E-state index contributed by atoms with van der Waals surface area (Å²) in [4.78, 5) is 29.0. The summed E-state index contributed by atoms with van der Waals surface area (Å²) in [7, 11) is 0. The zero-order valence-electron chi connectivity index (χ0n) is 18.3. The molecule has 0 atom stereocenters. The standard InChI is InChI=1S/C26H26N2O5/c29-25(32-19-21-7-3-1-4-8-21)28(26(30)33-20-22-9-5-2-6-10-22)24-13-11-23(12-14-24)27-15-17-31-18-16-27/h1-14H,15-20H2. The molecule has 7 heteroatoms. The molecule has 0 spiro atoms. The molecule has 0 bridgehead atoms. The van der Waals surface area contributed by atoms with E-state index in [-0.39, 0.29) is 13.2 Å². The number of nitrogens with zero attached hydrogens (tertiary/aromatic N) is 2. The SMILES string of the molecule is O=C(OCc1ccccc1)N(C(=O)OCc1ccccc1)c1ccc(N2CCOCC2)cc1. The number of benzene rings is 3. The van der Waals surface area contributed by atoms with Crippen LogP contribution in [0.3, 0.4) is 0 Å². The minimum Gasteiger partial charge on any atom is -0.444 e. The Morgan fingerprint density at radius 2 is 1.21 bits per heavy atom. The number of anilines is 2. The molecule has 0 radical (unpaired) electrons. The number of carbonyl (C=O) groups excluding carboxylic acids is 2. The van der Waals surface area contributed by atoms with Crippen molar-refractivity contribution >= 4 is 23.6 Å². The predicted molar refractivity (Wildman–Crippen MR) is 125 cm³/mol. The lowest BCUT2D eigenvalue weighted by atomic mass is 10.2. The maximum atomic E-state index is 12.9. The van der Waals surface area contributed by atoms with Crippen molar-refractivity contribution < 1.29 is 23.8 Å². The van der Waals surface area contributed by atoms with Gasteiger partial charge in [0.2, 0.25) is 0 Å². The molecule has 1 aliphatic rings. The van der Waals surface area contributed by atoms with Gasteiger partial charge in [-0.05, 0) is 35.4 Å². The van der Waals surface area contributed by atoms with Gasteiger partial charge in [0.1, 0.15) is 13.2 Å². The van der Waals surface area contributed by atoms with Crippen molar-refractivity contribution in [1.82, 2.24) is 0 Å². The van der Waals surface area contributed by atoms with Gasteiger partial charge in [0.05, 0.1) is 18.9 Å². The lowest BCUT2D eigenvalue weighted by Gasteiger charge is -2.29. The quantitative estimate of drug-likeness (QED) is 0.531. The fourth-order valence-electron chi connectivity index (χ4n) is 3.49. The Morgan fingerprint density at radius 1 is 0.727 bits per heavy atom. The number of hydrogen-bond donors (Lipinski definition) is 0. The molecule has 1 aliphatic heterocycles. The maximum absolute atomic E-state index is 12.9. The molecule has 0 aromatic heterocycles. The molecule has 1 saturated heterocycles. The predicted octanol–water partition coefficient (Wildman–Crippen LogP) is 5.00. The molecule has 0 saturated carbocycles. The van der Waals surface area contributed by atoms with Gasteiger partial charge < -0.3 is 19.1 Å². The smallest absolute Gasteiger partial charge is 0.424 e. The topological polar surface area (TPSA) is 68.3 Å². The number of rotatable bonds is 6. The Hall–Kier alpha value is -3.84. The summed E-state index contributed by atoms with van der Waals surface area (Å²) in [5.41, 5.74) is 3.03. The molecule has 0 aliphatic carbocycles. The lowest BCUT2D eigenvalue weighted by Crippen LogP contribution is -2.38. The van der Waals surface area contributed by atoms with Gasteiger partial charge in [-0.1, -0.05) is 60.7 Å². The molecule has 7 nitrogen and oxygen atoms in total. The Labute approximate surface area is 193 Å². The van der Waals surface area contributed by atoms with E-state index >= 15 is 0 Å². The van der Waals surface area contributed by atoms with Crippen molar-refractivity contribution in [3.8, 4) is 0 Å². The zero-order valence-corrected chi connectivity index (χ0v) is 18.3. The highest BCUT2D eigenvalue weighted by Gasteiger charge is 2.27. The van der Waals surface area contributed by atoms with E-state index in [9.17, 15) is 9.59 Å². The van der Waals surface area contributed by atoms with Gasteiger partial charge in [0.15, 0.2) is 0 Å². The molecule has 1 fully saturated rings. The van der Waals surface area contributed by atoms with Crippen molar-refractivity contribution in [2.24, 2.45) is 0 Å². The molecule has 170 valence electrons. The minimum atomic E-state index is -0.795. The molecule has 0 N–H and O–H groups in total. The van der Waals surface area contributed by atoms with Gasteiger partial charge in [-0.15, -0.1) is 0 Å². The van der Waals surface area contributed by atoms with Crippen molar-refractivity contribution in [3.63, 3.8) is 0 Å². The van der Waals surface area contributed by atoms with Crippen LogP contribution in [0.4, 0.5) is 21.0 Å². The molecule has 3 aromatic carbocycles. The Balaban J connectivity index is 1.49. The van der Waals surface area contributed by atoms with Gasteiger partial charge in [-0.25, -0.2) is 9.59 Å².